The molecule has 0 unspecified atom stereocenters. The summed E-state index contributed by atoms with van der Waals surface area (Å²) < 4.78 is 11.0. The third-order valence-electron chi connectivity index (χ3n) is 4.62. The first-order valence-corrected chi connectivity index (χ1v) is 8.21. The minimum absolute atomic E-state index is 0.0212. The fourth-order valence-electron chi connectivity index (χ4n) is 3.37. The maximum atomic E-state index is 12.8. The second kappa shape index (κ2) is 5.78. The molecule has 3 heterocycles. The van der Waals surface area contributed by atoms with Gasteiger partial charge in [-0.25, -0.2) is 4.98 Å². The molecular weight excluding hydrogens is 306 g/mol. The summed E-state index contributed by atoms with van der Waals surface area (Å²) in [6, 6.07) is 7.74. The van der Waals surface area contributed by atoms with Crippen molar-refractivity contribution < 1.29 is 13.7 Å². The van der Waals surface area contributed by atoms with Gasteiger partial charge >= 0.3 is 0 Å². The van der Waals surface area contributed by atoms with E-state index in [0.717, 1.165) is 30.5 Å². The first-order valence-electron chi connectivity index (χ1n) is 8.21. The quantitative estimate of drug-likeness (QED) is 0.721. The molecule has 0 radical (unpaired) electrons. The molecule has 124 valence electrons. The molecule has 24 heavy (non-hydrogen) atoms. The summed E-state index contributed by atoms with van der Waals surface area (Å²) in [5.41, 5.74) is 2.87. The first-order chi connectivity index (χ1) is 11.6. The highest BCUT2D eigenvalue weighted by molar-refractivity contribution is 5.96. The van der Waals surface area contributed by atoms with E-state index in [-0.39, 0.29) is 11.8 Å². The highest BCUT2D eigenvalue weighted by Crippen LogP contribution is 2.30. The van der Waals surface area contributed by atoms with Crippen LogP contribution in [0.4, 0.5) is 0 Å². The summed E-state index contributed by atoms with van der Waals surface area (Å²) in [6.45, 7) is 4.91. The number of fused-ring (bicyclic) bond motifs is 1. The Morgan fingerprint density at radius 2 is 2.12 bits per heavy atom. The normalized spacial score (nSPS) is 18.2. The van der Waals surface area contributed by atoms with Gasteiger partial charge < -0.3 is 13.8 Å². The number of aryl methyl sites for hydroxylation is 2. The maximum Gasteiger partial charge on any atom is 0.259 e. The fourth-order valence-corrected chi connectivity index (χ4v) is 3.37. The van der Waals surface area contributed by atoms with Gasteiger partial charge in [0.1, 0.15) is 16.8 Å². The number of para-hydroxylation sites is 2. The van der Waals surface area contributed by atoms with E-state index in [0.29, 0.717) is 29.5 Å². The lowest BCUT2D eigenvalue weighted by Gasteiger charge is -2.31. The smallest absolute Gasteiger partial charge is 0.259 e. The molecule has 3 aromatic rings. The van der Waals surface area contributed by atoms with Gasteiger partial charge in [0, 0.05) is 13.1 Å². The summed E-state index contributed by atoms with van der Waals surface area (Å²) in [4.78, 5) is 19.3. The number of hydrogen-bond acceptors (Lipinski definition) is 5. The number of aromatic nitrogens is 2. The average molecular weight is 325 g/mol. The summed E-state index contributed by atoms with van der Waals surface area (Å²) in [7, 11) is 0. The van der Waals surface area contributed by atoms with Crippen molar-refractivity contribution in [3.05, 3.63) is 47.2 Å². The van der Waals surface area contributed by atoms with Gasteiger partial charge in [0.2, 0.25) is 0 Å². The Kier molecular flexibility index (Phi) is 3.59. The van der Waals surface area contributed by atoms with Gasteiger partial charge in [-0.2, -0.15) is 0 Å². The van der Waals surface area contributed by atoms with Gasteiger partial charge in [-0.3, -0.25) is 4.79 Å². The summed E-state index contributed by atoms with van der Waals surface area (Å²) >= 11 is 0. The van der Waals surface area contributed by atoms with Crippen LogP contribution in [0.5, 0.6) is 0 Å². The van der Waals surface area contributed by atoms with Crippen LogP contribution in [-0.2, 0) is 0 Å². The van der Waals surface area contributed by atoms with E-state index in [1.54, 1.807) is 13.8 Å². The van der Waals surface area contributed by atoms with Crippen molar-refractivity contribution in [3.63, 3.8) is 0 Å². The number of oxazole rings is 1. The Balaban J connectivity index is 1.58. The molecule has 0 saturated carbocycles. The minimum atomic E-state index is -0.0212. The number of rotatable bonds is 2. The Morgan fingerprint density at radius 3 is 2.88 bits per heavy atom. The molecule has 0 aliphatic carbocycles. The number of amides is 1. The van der Waals surface area contributed by atoms with Crippen molar-refractivity contribution in [1.82, 2.24) is 15.0 Å². The maximum absolute atomic E-state index is 12.8. The third-order valence-corrected chi connectivity index (χ3v) is 4.62. The van der Waals surface area contributed by atoms with Gasteiger partial charge in [-0.15, -0.1) is 0 Å². The zero-order valence-corrected chi connectivity index (χ0v) is 13.8. The molecule has 0 N–H and O–H groups in total. The largest absolute Gasteiger partial charge is 0.440 e. The van der Waals surface area contributed by atoms with E-state index >= 15 is 0 Å². The minimum Gasteiger partial charge on any atom is -0.440 e. The number of nitrogens with zero attached hydrogens (tertiary/aromatic N) is 3. The lowest BCUT2D eigenvalue weighted by atomic mass is 9.97. The zero-order valence-electron chi connectivity index (χ0n) is 13.8. The number of likely N-dealkylation sites (tertiary alicyclic amines) is 1. The van der Waals surface area contributed by atoms with Crippen molar-refractivity contribution in [3.8, 4) is 0 Å². The van der Waals surface area contributed by atoms with Crippen molar-refractivity contribution >= 4 is 17.0 Å². The molecule has 1 fully saturated rings. The van der Waals surface area contributed by atoms with Gasteiger partial charge in [-0.1, -0.05) is 17.3 Å². The van der Waals surface area contributed by atoms with E-state index in [1.807, 2.05) is 29.2 Å². The van der Waals surface area contributed by atoms with Crippen molar-refractivity contribution in [2.75, 3.05) is 13.1 Å². The van der Waals surface area contributed by atoms with Gasteiger partial charge in [0.15, 0.2) is 11.5 Å². The number of carbonyl (C=O) groups excluding carboxylic acids is 1. The Labute approximate surface area is 139 Å². The van der Waals surface area contributed by atoms with Crippen LogP contribution in [0, 0.1) is 13.8 Å². The summed E-state index contributed by atoms with van der Waals surface area (Å²) in [5.74, 6) is 1.39. The Bertz CT molecular complexity index is 843. The van der Waals surface area contributed by atoms with Crippen molar-refractivity contribution in [2.24, 2.45) is 0 Å². The lowest BCUT2D eigenvalue weighted by Crippen LogP contribution is -2.39. The lowest BCUT2D eigenvalue weighted by molar-refractivity contribution is 0.0696. The van der Waals surface area contributed by atoms with Crippen LogP contribution in [0.25, 0.3) is 11.1 Å². The number of benzene rings is 1. The molecule has 1 amide bonds. The predicted molar refractivity (Wildman–Crippen MR) is 87.9 cm³/mol. The van der Waals surface area contributed by atoms with E-state index < -0.39 is 0 Å². The molecule has 1 aromatic carbocycles. The number of hydrogen-bond donors (Lipinski definition) is 0. The standard InChI is InChI=1S/C18H19N3O3/c1-11-16(12(2)24-20-11)18(22)21-9-5-6-13(10-21)17-19-14-7-3-4-8-15(14)23-17/h3-4,7-8,13H,5-6,9-10H2,1-2H3/t13-/m1/s1. The number of carbonyl (C=O) groups is 1. The molecule has 6 nitrogen and oxygen atoms in total. The Hall–Kier alpha value is -2.63. The highest BCUT2D eigenvalue weighted by Gasteiger charge is 2.31. The second-order valence-electron chi connectivity index (χ2n) is 6.31. The van der Waals surface area contributed by atoms with E-state index in [4.69, 9.17) is 8.94 Å². The molecule has 1 aliphatic rings. The molecule has 0 spiro atoms. The molecule has 6 heteroatoms. The monoisotopic (exact) mass is 325 g/mol. The van der Waals surface area contributed by atoms with Crippen LogP contribution >= 0.6 is 0 Å². The van der Waals surface area contributed by atoms with Crippen LogP contribution in [0.15, 0.2) is 33.2 Å². The molecular formula is C18H19N3O3. The van der Waals surface area contributed by atoms with Crippen LogP contribution < -0.4 is 0 Å². The van der Waals surface area contributed by atoms with Crippen LogP contribution in [0.2, 0.25) is 0 Å². The van der Waals surface area contributed by atoms with Crippen molar-refractivity contribution in [1.29, 1.82) is 0 Å². The fraction of sp³-hybridized carbons (Fsp3) is 0.389. The third kappa shape index (κ3) is 2.48. The van der Waals surface area contributed by atoms with Gasteiger partial charge in [0.05, 0.1) is 11.6 Å². The number of piperidine rings is 1. The average Bonchev–Trinajstić information content (AvgIpc) is 3.18. The van der Waals surface area contributed by atoms with Crippen LogP contribution in [0.1, 0.15) is 46.5 Å². The van der Waals surface area contributed by atoms with E-state index in [2.05, 4.69) is 10.1 Å². The summed E-state index contributed by atoms with van der Waals surface area (Å²) in [5, 5.41) is 3.88. The van der Waals surface area contributed by atoms with Crippen molar-refractivity contribution in [2.45, 2.75) is 32.6 Å². The molecule has 1 aliphatic heterocycles. The van der Waals surface area contributed by atoms with Gasteiger partial charge in [-0.05, 0) is 38.8 Å². The molecule has 2 aromatic heterocycles. The topological polar surface area (TPSA) is 72.4 Å². The molecule has 1 saturated heterocycles. The predicted octanol–water partition coefficient (Wildman–Crippen LogP) is 3.45. The van der Waals surface area contributed by atoms with E-state index in [1.165, 1.54) is 0 Å². The summed E-state index contributed by atoms with van der Waals surface area (Å²) in [6.07, 6.45) is 1.90. The van der Waals surface area contributed by atoms with E-state index in [9.17, 15) is 4.79 Å². The van der Waals surface area contributed by atoms with Gasteiger partial charge in [0.25, 0.3) is 5.91 Å². The van der Waals surface area contributed by atoms with Crippen LogP contribution in [0.3, 0.4) is 0 Å². The Morgan fingerprint density at radius 1 is 1.29 bits per heavy atom. The highest BCUT2D eigenvalue weighted by atomic mass is 16.5. The molecule has 4 rings (SSSR count). The first kappa shape index (κ1) is 14.9. The SMILES string of the molecule is Cc1noc(C)c1C(=O)N1CCC[C@@H](c2nc3ccccc3o2)C1. The molecule has 0 bridgehead atoms. The second-order valence-corrected chi connectivity index (χ2v) is 6.31. The van der Waals surface area contributed by atoms with Crippen LogP contribution in [-0.4, -0.2) is 34.0 Å². The zero-order chi connectivity index (χ0) is 16.7. The molecule has 1 atom stereocenters.